The Morgan fingerprint density at radius 1 is 1.10 bits per heavy atom. The number of methoxy groups -OCH3 is 1. The van der Waals surface area contributed by atoms with Crippen molar-refractivity contribution in [3.63, 3.8) is 0 Å². The summed E-state index contributed by atoms with van der Waals surface area (Å²) in [5, 5.41) is 2.88. The van der Waals surface area contributed by atoms with Crippen molar-refractivity contribution >= 4 is 17.5 Å². The molecule has 2 saturated heterocycles. The van der Waals surface area contributed by atoms with Crippen LogP contribution >= 0.6 is 0 Å². The fraction of sp³-hybridized carbons (Fsp3) is 0.391. The fourth-order valence-corrected chi connectivity index (χ4v) is 4.09. The predicted octanol–water partition coefficient (Wildman–Crippen LogP) is 3.79. The molecule has 6 nitrogen and oxygen atoms in total. The number of ether oxygens (including phenoxy) is 2. The van der Waals surface area contributed by atoms with E-state index in [1.807, 2.05) is 29.2 Å². The minimum absolute atomic E-state index is 0.0171. The molecule has 6 heteroatoms. The van der Waals surface area contributed by atoms with Gasteiger partial charge in [0.05, 0.1) is 13.2 Å². The van der Waals surface area contributed by atoms with Gasteiger partial charge in [0, 0.05) is 24.4 Å². The van der Waals surface area contributed by atoms with Crippen molar-refractivity contribution in [2.24, 2.45) is 0 Å². The van der Waals surface area contributed by atoms with Gasteiger partial charge < -0.3 is 19.7 Å². The second kappa shape index (κ2) is 8.66. The Kier molecular flexibility index (Phi) is 5.81. The zero-order valence-corrected chi connectivity index (χ0v) is 16.6. The highest BCUT2D eigenvalue weighted by Gasteiger charge is 2.31. The Balaban J connectivity index is 1.48. The van der Waals surface area contributed by atoms with E-state index >= 15 is 0 Å². The number of benzene rings is 2. The van der Waals surface area contributed by atoms with Crippen LogP contribution in [0.4, 0.5) is 5.69 Å². The third kappa shape index (κ3) is 4.27. The van der Waals surface area contributed by atoms with Crippen LogP contribution in [0.5, 0.6) is 5.75 Å². The van der Waals surface area contributed by atoms with Crippen molar-refractivity contribution in [1.82, 2.24) is 4.90 Å². The van der Waals surface area contributed by atoms with E-state index in [1.54, 1.807) is 31.4 Å². The highest BCUT2D eigenvalue weighted by atomic mass is 16.5. The summed E-state index contributed by atoms with van der Waals surface area (Å²) in [6.07, 6.45) is 3.15. The molecule has 0 unspecified atom stereocenters. The lowest BCUT2D eigenvalue weighted by Gasteiger charge is -2.25. The molecule has 2 aliphatic rings. The maximum absolute atomic E-state index is 13.2. The first-order valence-corrected chi connectivity index (χ1v) is 10.1. The van der Waals surface area contributed by atoms with Gasteiger partial charge in [-0.15, -0.1) is 0 Å². The smallest absolute Gasteiger partial charge is 0.254 e. The lowest BCUT2D eigenvalue weighted by molar-refractivity contribution is -0.124. The van der Waals surface area contributed by atoms with E-state index in [-0.39, 0.29) is 17.9 Å². The first-order chi connectivity index (χ1) is 14.2. The standard InChI is InChI=1S/C23H26N2O4/c1-28-19-11-9-16(10-12-19)20-7-3-13-25(20)23(27)17-5-2-6-18(15-17)24-22(26)21-8-4-14-29-21/h2,5-6,9-12,15,20-21H,3-4,7-8,13-14H2,1H3,(H,24,26)/t20-,21+/m1/s1. The summed E-state index contributed by atoms with van der Waals surface area (Å²) >= 11 is 0. The Labute approximate surface area is 170 Å². The number of carbonyl (C=O) groups excluding carboxylic acids is 2. The van der Waals surface area contributed by atoms with Gasteiger partial charge in [-0.25, -0.2) is 0 Å². The van der Waals surface area contributed by atoms with E-state index in [0.29, 0.717) is 17.9 Å². The van der Waals surface area contributed by atoms with Gasteiger partial charge in [-0.1, -0.05) is 18.2 Å². The molecule has 2 heterocycles. The summed E-state index contributed by atoms with van der Waals surface area (Å²) < 4.78 is 10.7. The van der Waals surface area contributed by atoms with Crippen LogP contribution in [-0.4, -0.2) is 43.1 Å². The summed E-state index contributed by atoms with van der Waals surface area (Å²) in [7, 11) is 1.64. The minimum atomic E-state index is -0.396. The molecule has 152 valence electrons. The number of hydrogen-bond acceptors (Lipinski definition) is 4. The number of nitrogens with one attached hydrogen (secondary N) is 1. The lowest BCUT2D eigenvalue weighted by atomic mass is 10.0. The van der Waals surface area contributed by atoms with Crippen molar-refractivity contribution in [1.29, 1.82) is 0 Å². The van der Waals surface area contributed by atoms with E-state index in [0.717, 1.165) is 43.5 Å². The molecular weight excluding hydrogens is 368 g/mol. The first kappa shape index (κ1) is 19.5. The van der Waals surface area contributed by atoms with Crippen molar-refractivity contribution in [3.8, 4) is 5.75 Å². The monoisotopic (exact) mass is 394 g/mol. The molecule has 2 aromatic carbocycles. The van der Waals surface area contributed by atoms with Gasteiger partial charge in [0.25, 0.3) is 11.8 Å². The van der Waals surface area contributed by atoms with Crippen molar-refractivity contribution < 1.29 is 19.1 Å². The average Bonchev–Trinajstić information content (AvgIpc) is 3.46. The van der Waals surface area contributed by atoms with Crippen LogP contribution in [0.3, 0.4) is 0 Å². The molecular formula is C23H26N2O4. The van der Waals surface area contributed by atoms with Crippen LogP contribution < -0.4 is 10.1 Å². The van der Waals surface area contributed by atoms with Crippen molar-refractivity contribution in [3.05, 3.63) is 59.7 Å². The Bertz CT molecular complexity index is 875. The van der Waals surface area contributed by atoms with Crippen LogP contribution in [0.2, 0.25) is 0 Å². The summed E-state index contributed by atoms with van der Waals surface area (Å²) in [6, 6.07) is 15.1. The molecule has 2 aliphatic heterocycles. The molecule has 4 rings (SSSR count). The topological polar surface area (TPSA) is 67.9 Å². The van der Waals surface area contributed by atoms with E-state index < -0.39 is 6.10 Å². The number of nitrogens with zero attached hydrogens (tertiary/aromatic N) is 1. The van der Waals surface area contributed by atoms with Crippen LogP contribution in [0.1, 0.15) is 47.6 Å². The Morgan fingerprint density at radius 2 is 1.93 bits per heavy atom. The molecule has 2 amide bonds. The van der Waals surface area contributed by atoms with E-state index in [1.165, 1.54) is 0 Å². The van der Waals surface area contributed by atoms with Gasteiger partial charge in [0.2, 0.25) is 0 Å². The first-order valence-electron chi connectivity index (χ1n) is 10.1. The third-order valence-electron chi connectivity index (χ3n) is 5.61. The fourth-order valence-electron chi connectivity index (χ4n) is 4.09. The molecule has 0 radical (unpaired) electrons. The highest BCUT2D eigenvalue weighted by molar-refractivity contribution is 5.98. The highest BCUT2D eigenvalue weighted by Crippen LogP contribution is 2.34. The third-order valence-corrected chi connectivity index (χ3v) is 5.61. The van der Waals surface area contributed by atoms with Gasteiger partial charge in [-0.2, -0.15) is 0 Å². The molecule has 2 atom stereocenters. The van der Waals surface area contributed by atoms with E-state index in [4.69, 9.17) is 9.47 Å². The van der Waals surface area contributed by atoms with Crippen molar-refractivity contribution in [2.75, 3.05) is 25.6 Å². The van der Waals surface area contributed by atoms with Crippen LogP contribution in [0, 0.1) is 0 Å². The molecule has 29 heavy (non-hydrogen) atoms. The van der Waals surface area contributed by atoms with Crippen LogP contribution in [0.15, 0.2) is 48.5 Å². The Hall–Kier alpha value is -2.86. The number of amides is 2. The number of carbonyl (C=O) groups is 2. The summed E-state index contributed by atoms with van der Waals surface area (Å²) in [5.41, 5.74) is 2.31. The number of hydrogen-bond donors (Lipinski definition) is 1. The number of anilines is 1. The van der Waals surface area contributed by atoms with Gasteiger partial charge in [-0.3, -0.25) is 9.59 Å². The van der Waals surface area contributed by atoms with E-state index in [9.17, 15) is 9.59 Å². The molecule has 0 saturated carbocycles. The summed E-state index contributed by atoms with van der Waals surface area (Å²) in [6.45, 7) is 1.35. The lowest BCUT2D eigenvalue weighted by Crippen LogP contribution is -2.31. The average molecular weight is 394 g/mol. The minimum Gasteiger partial charge on any atom is -0.497 e. The normalized spacial score (nSPS) is 21.2. The molecule has 2 fully saturated rings. The molecule has 0 aromatic heterocycles. The second-order valence-corrected chi connectivity index (χ2v) is 7.50. The van der Waals surface area contributed by atoms with Crippen molar-refractivity contribution in [2.45, 2.75) is 37.8 Å². The van der Waals surface area contributed by atoms with E-state index in [2.05, 4.69) is 5.32 Å². The zero-order valence-electron chi connectivity index (χ0n) is 16.6. The summed E-state index contributed by atoms with van der Waals surface area (Å²) in [5.74, 6) is 0.639. The predicted molar refractivity (Wildman–Crippen MR) is 110 cm³/mol. The van der Waals surface area contributed by atoms with Crippen LogP contribution in [0.25, 0.3) is 0 Å². The van der Waals surface area contributed by atoms with Gasteiger partial charge in [0.15, 0.2) is 0 Å². The molecule has 2 aromatic rings. The number of rotatable bonds is 5. The molecule has 1 N–H and O–H groups in total. The Morgan fingerprint density at radius 3 is 2.66 bits per heavy atom. The van der Waals surface area contributed by atoms with Gasteiger partial charge >= 0.3 is 0 Å². The quantitative estimate of drug-likeness (QED) is 0.838. The molecule has 0 bridgehead atoms. The zero-order chi connectivity index (χ0) is 20.2. The molecule has 0 aliphatic carbocycles. The SMILES string of the molecule is COc1ccc([C@H]2CCCN2C(=O)c2cccc(NC(=O)[C@@H]3CCCO3)c2)cc1. The maximum atomic E-state index is 13.2. The summed E-state index contributed by atoms with van der Waals surface area (Å²) in [4.78, 5) is 27.4. The maximum Gasteiger partial charge on any atom is 0.254 e. The number of likely N-dealkylation sites (tertiary alicyclic amines) is 1. The van der Waals surface area contributed by atoms with Gasteiger partial charge in [-0.05, 0) is 61.6 Å². The largest absolute Gasteiger partial charge is 0.497 e. The molecule has 0 spiro atoms. The van der Waals surface area contributed by atoms with Crippen LogP contribution in [-0.2, 0) is 9.53 Å². The second-order valence-electron chi connectivity index (χ2n) is 7.50. The van der Waals surface area contributed by atoms with Gasteiger partial charge in [0.1, 0.15) is 11.9 Å².